The summed E-state index contributed by atoms with van der Waals surface area (Å²) in [7, 11) is 3.22. The summed E-state index contributed by atoms with van der Waals surface area (Å²) in [6, 6.07) is 24.5. The fraction of sp³-hybridized carbons (Fsp3) is 0.400. The van der Waals surface area contributed by atoms with Gasteiger partial charge in [0.15, 0.2) is 11.5 Å². The van der Waals surface area contributed by atoms with E-state index < -0.39 is 6.10 Å². The van der Waals surface area contributed by atoms with E-state index in [-0.39, 0.29) is 0 Å². The van der Waals surface area contributed by atoms with Gasteiger partial charge in [0, 0.05) is 51.3 Å². The van der Waals surface area contributed by atoms with Crippen LogP contribution in [0, 0.1) is 0 Å². The van der Waals surface area contributed by atoms with E-state index in [9.17, 15) is 5.11 Å². The summed E-state index contributed by atoms with van der Waals surface area (Å²) < 4.78 is 17.0. The molecule has 0 bridgehead atoms. The normalized spacial score (nSPS) is 15.4. The van der Waals surface area contributed by atoms with Crippen molar-refractivity contribution in [3.63, 3.8) is 0 Å². The lowest BCUT2D eigenvalue weighted by atomic mass is 10.0. The first kappa shape index (κ1) is 26.0. The van der Waals surface area contributed by atoms with Gasteiger partial charge in [-0.25, -0.2) is 0 Å². The first-order valence-electron chi connectivity index (χ1n) is 12.8. The molecule has 0 saturated carbocycles. The quantitative estimate of drug-likeness (QED) is 0.380. The van der Waals surface area contributed by atoms with Crippen LogP contribution in [0.25, 0.3) is 0 Å². The van der Waals surface area contributed by atoms with E-state index in [0.717, 1.165) is 56.9 Å². The number of aliphatic hydroxyl groups is 1. The highest BCUT2D eigenvalue weighted by atomic mass is 16.5. The molecule has 1 heterocycles. The summed E-state index contributed by atoms with van der Waals surface area (Å²) in [4.78, 5) is 4.80. The Labute approximate surface area is 215 Å². The summed E-state index contributed by atoms with van der Waals surface area (Å²) in [5.41, 5.74) is 3.29. The summed E-state index contributed by atoms with van der Waals surface area (Å²) in [5.74, 6) is 2.23. The van der Waals surface area contributed by atoms with Gasteiger partial charge in [0.05, 0.1) is 26.9 Å². The number of hydrogen-bond donors (Lipinski definition) is 1. The Kier molecular flexibility index (Phi) is 9.61. The van der Waals surface area contributed by atoms with Crippen molar-refractivity contribution in [1.29, 1.82) is 0 Å². The van der Waals surface area contributed by atoms with Gasteiger partial charge in [-0.1, -0.05) is 60.7 Å². The minimum atomic E-state index is -0.619. The fourth-order valence-corrected chi connectivity index (χ4v) is 4.79. The summed E-state index contributed by atoms with van der Waals surface area (Å²) in [5, 5.41) is 10.9. The molecular formula is C30H38N2O4. The minimum Gasteiger partial charge on any atom is -0.493 e. The average Bonchev–Trinajstić information content (AvgIpc) is 2.92. The smallest absolute Gasteiger partial charge is 0.166 e. The summed E-state index contributed by atoms with van der Waals surface area (Å²) in [6.07, 6.45) is 1.25. The van der Waals surface area contributed by atoms with Gasteiger partial charge in [-0.15, -0.1) is 0 Å². The van der Waals surface area contributed by atoms with Crippen molar-refractivity contribution in [2.45, 2.75) is 18.9 Å². The second kappa shape index (κ2) is 13.3. The van der Waals surface area contributed by atoms with E-state index >= 15 is 0 Å². The van der Waals surface area contributed by atoms with Gasteiger partial charge in [-0.2, -0.15) is 0 Å². The minimum absolute atomic E-state index is 0.582. The highest BCUT2D eigenvalue weighted by Gasteiger charge is 2.23. The Hall–Kier alpha value is -3.06. The predicted octanol–water partition coefficient (Wildman–Crippen LogP) is 4.41. The van der Waals surface area contributed by atoms with Crippen LogP contribution in [0.5, 0.6) is 17.2 Å². The van der Waals surface area contributed by atoms with E-state index in [1.54, 1.807) is 14.2 Å². The number of ether oxygens (including phenoxy) is 3. The van der Waals surface area contributed by atoms with Crippen molar-refractivity contribution in [1.82, 2.24) is 9.80 Å². The van der Waals surface area contributed by atoms with Crippen LogP contribution in [0.3, 0.4) is 0 Å². The number of para-hydroxylation sites is 2. The molecule has 6 heteroatoms. The molecule has 1 saturated heterocycles. The molecule has 1 atom stereocenters. The Balaban J connectivity index is 1.19. The van der Waals surface area contributed by atoms with E-state index in [1.165, 1.54) is 11.1 Å². The molecule has 0 amide bonds. The molecule has 0 spiro atoms. The van der Waals surface area contributed by atoms with E-state index in [0.29, 0.717) is 24.7 Å². The topological polar surface area (TPSA) is 54.4 Å². The molecular weight excluding hydrogens is 452 g/mol. The SMILES string of the molecule is COc1cccc(C(O)CN2CCN(CCCOc3ccccc3Cc3ccccc3)CC2)c1OC. The van der Waals surface area contributed by atoms with Gasteiger partial charge >= 0.3 is 0 Å². The number of benzene rings is 3. The third-order valence-electron chi connectivity index (χ3n) is 6.77. The lowest BCUT2D eigenvalue weighted by Gasteiger charge is -2.35. The largest absolute Gasteiger partial charge is 0.493 e. The number of rotatable bonds is 12. The third-order valence-corrected chi connectivity index (χ3v) is 6.77. The van der Waals surface area contributed by atoms with Crippen molar-refractivity contribution in [2.75, 3.05) is 60.1 Å². The van der Waals surface area contributed by atoms with Gasteiger partial charge in [0.2, 0.25) is 0 Å². The van der Waals surface area contributed by atoms with E-state index in [4.69, 9.17) is 14.2 Å². The Morgan fingerprint density at radius 2 is 1.47 bits per heavy atom. The molecule has 192 valence electrons. The van der Waals surface area contributed by atoms with Crippen LogP contribution in [0.2, 0.25) is 0 Å². The van der Waals surface area contributed by atoms with Crippen molar-refractivity contribution < 1.29 is 19.3 Å². The van der Waals surface area contributed by atoms with Crippen molar-refractivity contribution in [2.24, 2.45) is 0 Å². The molecule has 1 aliphatic heterocycles. The lowest BCUT2D eigenvalue weighted by molar-refractivity contribution is 0.0694. The monoisotopic (exact) mass is 490 g/mol. The van der Waals surface area contributed by atoms with Crippen LogP contribution in [0.4, 0.5) is 0 Å². The molecule has 0 aromatic heterocycles. The molecule has 1 fully saturated rings. The number of piperazine rings is 1. The second-order valence-corrected chi connectivity index (χ2v) is 9.21. The fourth-order valence-electron chi connectivity index (χ4n) is 4.79. The Bertz CT molecular complexity index is 1070. The van der Waals surface area contributed by atoms with Crippen LogP contribution < -0.4 is 14.2 Å². The first-order chi connectivity index (χ1) is 17.7. The third kappa shape index (κ3) is 7.00. The number of aliphatic hydroxyl groups excluding tert-OH is 1. The molecule has 6 nitrogen and oxygen atoms in total. The maximum Gasteiger partial charge on any atom is 0.166 e. The van der Waals surface area contributed by atoms with Crippen LogP contribution in [0.15, 0.2) is 72.8 Å². The van der Waals surface area contributed by atoms with Gasteiger partial charge in [0.1, 0.15) is 5.75 Å². The summed E-state index contributed by atoms with van der Waals surface area (Å²) >= 11 is 0. The second-order valence-electron chi connectivity index (χ2n) is 9.21. The maximum atomic E-state index is 10.9. The standard InChI is InChI=1S/C30H38N2O4/c1-34-29-15-8-13-26(30(29)35-2)27(33)23-32-19-17-31(18-20-32)16-9-21-36-28-14-7-6-12-25(28)22-24-10-4-3-5-11-24/h3-8,10-15,27,33H,9,16-23H2,1-2H3. The average molecular weight is 491 g/mol. The maximum absolute atomic E-state index is 10.9. The van der Waals surface area contributed by atoms with Gasteiger partial charge in [0.25, 0.3) is 0 Å². The van der Waals surface area contributed by atoms with E-state index in [1.807, 2.05) is 30.3 Å². The predicted molar refractivity (Wildman–Crippen MR) is 143 cm³/mol. The highest BCUT2D eigenvalue weighted by Crippen LogP contribution is 2.35. The van der Waals surface area contributed by atoms with Crippen LogP contribution >= 0.6 is 0 Å². The molecule has 3 aromatic carbocycles. The van der Waals surface area contributed by atoms with Crippen molar-refractivity contribution in [3.05, 3.63) is 89.5 Å². The number of methoxy groups -OCH3 is 2. The lowest BCUT2D eigenvalue weighted by Crippen LogP contribution is -2.47. The molecule has 4 rings (SSSR count). The summed E-state index contributed by atoms with van der Waals surface area (Å²) in [6.45, 7) is 6.16. The molecule has 0 aliphatic carbocycles. The van der Waals surface area contributed by atoms with E-state index in [2.05, 4.69) is 52.3 Å². The molecule has 1 aliphatic rings. The van der Waals surface area contributed by atoms with Crippen molar-refractivity contribution >= 4 is 0 Å². The van der Waals surface area contributed by atoms with Crippen LogP contribution in [-0.2, 0) is 6.42 Å². The number of β-amino-alcohol motifs (C(OH)–C–C–N with tert-alkyl or cyclic N) is 1. The molecule has 1 N–H and O–H groups in total. The van der Waals surface area contributed by atoms with Gasteiger partial charge in [-0.05, 0) is 29.7 Å². The van der Waals surface area contributed by atoms with Gasteiger partial charge < -0.3 is 24.2 Å². The first-order valence-corrected chi connectivity index (χ1v) is 12.8. The number of hydrogen-bond acceptors (Lipinski definition) is 6. The Morgan fingerprint density at radius 3 is 2.22 bits per heavy atom. The number of nitrogens with zero attached hydrogens (tertiary/aromatic N) is 2. The van der Waals surface area contributed by atoms with Crippen LogP contribution in [0.1, 0.15) is 29.2 Å². The van der Waals surface area contributed by atoms with Gasteiger partial charge in [-0.3, -0.25) is 4.90 Å². The zero-order chi connectivity index (χ0) is 25.2. The van der Waals surface area contributed by atoms with Crippen LogP contribution in [-0.4, -0.2) is 75.0 Å². The zero-order valence-electron chi connectivity index (χ0n) is 21.4. The Morgan fingerprint density at radius 1 is 0.778 bits per heavy atom. The molecule has 36 heavy (non-hydrogen) atoms. The zero-order valence-corrected chi connectivity index (χ0v) is 21.4. The highest BCUT2D eigenvalue weighted by molar-refractivity contribution is 5.47. The molecule has 1 unspecified atom stereocenters. The van der Waals surface area contributed by atoms with Crippen molar-refractivity contribution in [3.8, 4) is 17.2 Å². The molecule has 0 radical (unpaired) electrons. The molecule has 3 aromatic rings.